The Kier molecular flexibility index (Phi) is 7.78. The summed E-state index contributed by atoms with van der Waals surface area (Å²) in [6, 6.07) is 9.53. The van der Waals surface area contributed by atoms with Crippen LogP contribution in [0.3, 0.4) is 0 Å². The fraction of sp³-hybridized carbons (Fsp3) is 0.562. The zero-order valence-electron chi connectivity index (χ0n) is 13.6. The van der Waals surface area contributed by atoms with Crippen molar-refractivity contribution < 1.29 is 18.1 Å². The van der Waals surface area contributed by atoms with Crippen molar-refractivity contribution >= 4 is 7.82 Å². The van der Waals surface area contributed by atoms with Crippen LogP contribution in [0.1, 0.15) is 44.9 Å². The van der Waals surface area contributed by atoms with Crippen LogP contribution in [0.25, 0.3) is 0 Å². The molecule has 0 fully saturated rings. The molecular weight excluding hydrogens is 301 g/mol. The zero-order valence-corrected chi connectivity index (χ0v) is 14.5. The number of benzene rings is 1. The monoisotopic (exact) mass is 325 g/mol. The van der Waals surface area contributed by atoms with Gasteiger partial charge in [-0.1, -0.05) is 38.1 Å². The Morgan fingerprint density at radius 1 is 1.14 bits per heavy atom. The van der Waals surface area contributed by atoms with E-state index in [4.69, 9.17) is 13.6 Å². The topological polar surface area (TPSA) is 68.6 Å². The van der Waals surface area contributed by atoms with Crippen LogP contribution in [0, 0.1) is 17.2 Å². The number of rotatable bonds is 9. The first-order valence-corrected chi connectivity index (χ1v) is 8.96. The molecule has 1 rings (SSSR count). The number of hydrogen-bond donors (Lipinski definition) is 0. The Bertz CT molecular complexity index is 526. The first-order valence-electron chi connectivity index (χ1n) is 7.50. The molecule has 0 spiro atoms. The van der Waals surface area contributed by atoms with Gasteiger partial charge in [-0.3, -0.25) is 13.6 Å². The predicted octanol–water partition coefficient (Wildman–Crippen LogP) is 4.65. The van der Waals surface area contributed by atoms with Crippen LogP contribution in [-0.2, 0) is 24.6 Å². The minimum Gasteiger partial charge on any atom is -0.287 e. The molecule has 0 saturated carbocycles. The zero-order chi connectivity index (χ0) is 16.6. The summed E-state index contributed by atoms with van der Waals surface area (Å²) in [4.78, 5) is 0. The molecule has 5 nitrogen and oxygen atoms in total. The predicted molar refractivity (Wildman–Crippen MR) is 85.3 cm³/mol. The van der Waals surface area contributed by atoms with Gasteiger partial charge in [0.05, 0.1) is 19.3 Å². The van der Waals surface area contributed by atoms with Gasteiger partial charge < -0.3 is 0 Å². The van der Waals surface area contributed by atoms with E-state index < -0.39 is 13.9 Å². The molecule has 0 amide bonds. The molecule has 0 aliphatic carbocycles. The van der Waals surface area contributed by atoms with Gasteiger partial charge >= 0.3 is 7.82 Å². The van der Waals surface area contributed by atoms with E-state index in [0.29, 0.717) is 11.5 Å². The Morgan fingerprint density at radius 2 is 1.68 bits per heavy atom. The summed E-state index contributed by atoms with van der Waals surface area (Å²) in [5.41, 5.74) is 1.82. The standard InChI is InChI=1S/C16H24NO4P/c1-5-19-22(18,20-6-2)21-16(12-17)15-9-7-14(8-10-15)11-13(3)4/h7-10,13,16H,5-6,11H2,1-4H3. The van der Waals surface area contributed by atoms with E-state index >= 15 is 0 Å². The first kappa shape index (κ1) is 18.9. The van der Waals surface area contributed by atoms with Gasteiger partial charge in [-0.2, -0.15) is 5.26 Å². The summed E-state index contributed by atoms with van der Waals surface area (Å²) in [6.07, 6.45) is -0.0219. The fourth-order valence-electron chi connectivity index (χ4n) is 2.00. The SMILES string of the molecule is CCOP(=O)(OCC)OC(C#N)c1ccc(CC(C)C)cc1. The van der Waals surface area contributed by atoms with Gasteiger partial charge in [0.2, 0.25) is 0 Å². The highest BCUT2D eigenvalue weighted by molar-refractivity contribution is 7.48. The van der Waals surface area contributed by atoms with Gasteiger partial charge in [-0.05, 0) is 37.3 Å². The second-order valence-corrected chi connectivity index (χ2v) is 6.86. The van der Waals surface area contributed by atoms with Crippen LogP contribution in [0.2, 0.25) is 0 Å². The molecule has 0 aromatic heterocycles. The van der Waals surface area contributed by atoms with Crippen molar-refractivity contribution in [2.75, 3.05) is 13.2 Å². The number of nitrogens with zero attached hydrogens (tertiary/aromatic N) is 1. The highest BCUT2D eigenvalue weighted by Gasteiger charge is 2.30. The van der Waals surface area contributed by atoms with Gasteiger partial charge in [0, 0.05) is 0 Å². The third kappa shape index (κ3) is 5.90. The number of phosphoric acid groups is 1. The molecular formula is C16H24NO4P. The van der Waals surface area contributed by atoms with Crippen molar-refractivity contribution in [1.82, 2.24) is 0 Å². The van der Waals surface area contributed by atoms with Crippen molar-refractivity contribution in [2.45, 2.75) is 40.2 Å². The second kappa shape index (κ2) is 9.07. The molecule has 1 aromatic rings. The average Bonchev–Trinajstić information content (AvgIpc) is 2.46. The molecule has 0 saturated heterocycles. The normalized spacial score (nSPS) is 13.1. The van der Waals surface area contributed by atoms with Gasteiger partial charge in [-0.15, -0.1) is 0 Å². The minimum absolute atomic E-state index is 0.183. The molecule has 6 heteroatoms. The lowest BCUT2D eigenvalue weighted by atomic mass is 10.0. The third-order valence-corrected chi connectivity index (χ3v) is 4.47. The van der Waals surface area contributed by atoms with Crippen LogP contribution >= 0.6 is 7.82 Å². The molecule has 0 aliphatic heterocycles. The molecule has 0 N–H and O–H groups in total. The molecule has 0 radical (unpaired) electrons. The minimum atomic E-state index is -3.71. The van der Waals surface area contributed by atoms with Crippen molar-refractivity contribution in [1.29, 1.82) is 5.26 Å². The average molecular weight is 325 g/mol. The third-order valence-electron chi connectivity index (χ3n) is 2.85. The molecule has 1 atom stereocenters. The van der Waals surface area contributed by atoms with E-state index in [2.05, 4.69) is 13.8 Å². The van der Waals surface area contributed by atoms with Crippen LogP contribution < -0.4 is 0 Å². The molecule has 122 valence electrons. The lowest BCUT2D eigenvalue weighted by molar-refractivity contribution is 0.103. The van der Waals surface area contributed by atoms with Gasteiger partial charge in [-0.25, -0.2) is 4.57 Å². The Balaban J connectivity index is 2.87. The van der Waals surface area contributed by atoms with Gasteiger partial charge in [0.15, 0.2) is 6.10 Å². The summed E-state index contributed by atoms with van der Waals surface area (Å²) < 4.78 is 27.8. The van der Waals surface area contributed by atoms with Crippen LogP contribution in [0.4, 0.5) is 0 Å². The maximum atomic E-state index is 12.4. The largest absolute Gasteiger partial charge is 0.476 e. The van der Waals surface area contributed by atoms with E-state index in [1.54, 1.807) is 13.8 Å². The van der Waals surface area contributed by atoms with Crippen molar-refractivity contribution in [3.05, 3.63) is 35.4 Å². The van der Waals surface area contributed by atoms with E-state index in [9.17, 15) is 9.83 Å². The number of phosphoric ester groups is 1. The summed E-state index contributed by atoms with van der Waals surface area (Å²) >= 11 is 0. The van der Waals surface area contributed by atoms with Gasteiger partial charge in [0.1, 0.15) is 0 Å². The highest BCUT2D eigenvalue weighted by Crippen LogP contribution is 2.52. The smallest absolute Gasteiger partial charge is 0.287 e. The maximum Gasteiger partial charge on any atom is 0.476 e. The van der Waals surface area contributed by atoms with Crippen molar-refractivity contribution in [3.63, 3.8) is 0 Å². The maximum absolute atomic E-state index is 12.4. The Hall–Kier alpha value is -1.18. The van der Waals surface area contributed by atoms with Crippen LogP contribution in [0.15, 0.2) is 24.3 Å². The highest BCUT2D eigenvalue weighted by atomic mass is 31.2. The summed E-state index contributed by atoms with van der Waals surface area (Å²) in [5.74, 6) is 0.560. The van der Waals surface area contributed by atoms with E-state index in [1.165, 1.54) is 5.56 Å². The lowest BCUT2D eigenvalue weighted by Gasteiger charge is -2.19. The second-order valence-electron chi connectivity index (χ2n) is 5.24. The van der Waals surface area contributed by atoms with Crippen molar-refractivity contribution in [3.8, 4) is 6.07 Å². The summed E-state index contributed by atoms with van der Waals surface area (Å²) in [7, 11) is -3.71. The number of hydrogen-bond acceptors (Lipinski definition) is 5. The fourth-order valence-corrected chi connectivity index (χ4v) is 3.26. The van der Waals surface area contributed by atoms with Crippen LogP contribution in [0.5, 0.6) is 0 Å². The molecule has 1 aromatic carbocycles. The molecule has 1 unspecified atom stereocenters. The quantitative estimate of drug-likeness (QED) is 0.618. The van der Waals surface area contributed by atoms with E-state index in [1.807, 2.05) is 30.3 Å². The van der Waals surface area contributed by atoms with E-state index in [0.717, 1.165) is 6.42 Å². The van der Waals surface area contributed by atoms with Crippen LogP contribution in [-0.4, -0.2) is 13.2 Å². The molecule has 0 aliphatic rings. The number of nitriles is 1. The summed E-state index contributed by atoms with van der Waals surface area (Å²) in [5, 5.41) is 9.29. The Labute approximate surface area is 132 Å². The van der Waals surface area contributed by atoms with Crippen molar-refractivity contribution in [2.24, 2.45) is 5.92 Å². The summed E-state index contributed by atoms with van der Waals surface area (Å²) in [6.45, 7) is 8.05. The first-order chi connectivity index (χ1) is 10.4. The lowest BCUT2D eigenvalue weighted by Crippen LogP contribution is -2.06. The molecule has 0 bridgehead atoms. The van der Waals surface area contributed by atoms with E-state index in [-0.39, 0.29) is 13.2 Å². The molecule has 0 heterocycles. The van der Waals surface area contributed by atoms with Gasteiger partial charge in [0.25, 0.3) is 0 Å². The molecule has 22 heavy (non-hydrogen) atoms. The Morgan fingerprint density at radius 3 is 2.09 bits per heavy atom.